The van der Waals surface area contributed by atoms with Crippen molar-refractivity contribution in [1.82, 2.24) is 24.5 Å². The smallest absolute Gasteiger partial charge is 0.243 e. The van der Waals surface area contributed by atoms with E-state index in [2.05, 4.69) is 20.8 Å². The third-order valence-electron chi connectivity index (χ3n) is 5.33. The molecule has 1 saturated heterocycles. The van der Waals surface area contributed by atoms with Crippen LogP contribution in [0.25, 0.3) is 5.69 Å². The van der Waals surface area contributed by atoms with E-state index in [-0.39, 0.29) is 29.8 Å². The molecule has 2 heterocycles. The minimum absolute atomic E-state index is 0.181. The number of nitrogens with one attached hydrogen (secondary N) is 1. The second-order valence-electron chi connectivity index (χ2n) is 7.26. The van der Waals surface area contributed by atoms with Crippen molar-refractivity contribution in [3.05, 3.63) is 53.8 Å². The van der Waals surface area contributed by atoms with Gasteiger partial charge in [0.1, 0.15) is 12.1 Å². The fourth-order valence-corrected chi connectivity index (χ4v) is 5.21. The molecular formula is C20H21ClN6O4S. The van der Waals surface area contributed by atoms with Crippen LogP contribution in [0.5, 0.6) is 5.75 Å². The summed E-state index contributed by atoms with van der Waals surface area (Å²) in [5, 5.41) is 14.2. The number of carbonyl (C=O) groups is 1. The number of piperidine rings is 1. The molecular weight excluding hydrogens is 456 g/mol. The summed E-state index contributed by atoms with van der Waals surface area (Å²) in [6.07, 6.45) is 2.26. The number of amides is 1. The molecule has 12 heteroatoms. The number of hydrogen-bond acceptors (Lipinski definition) is 7. The van der Waals surface area contributed by atoms with Gasteiger partial charge >= 0.3 is 0 Å². The van der Waals surface area contributed by atoms with Gasteiger partial charge in [0.05, 0.1) is 23.4 Å². The second-order valence-corrected chi connectivity index (χ2v) is 9.63. The van der Waals surface area contributed by atoms with Gasteiger partial charge in [-0.15, -0.1) is 5.10 Å². The molecule has 1 fully saturated rings. The minimum atomic E-state index is -3.67. The van der Waals surface area contributed by atoms with E-state index in [1.165, 1.54) is 34.6 Å². The Morgan fingerprint density at radius 1 is 1.16 bits per heavy atom. The molecule has 0 spiro atoms. The third kappa shape index (κ3) is 4.59. The van der Waals surface area contributed by atoms with E-state index in [0.29, 0.717) is 35.0 Å². The van der Waals surface area contributed by atoms with E-state index in [1.807, 2.05) is 0 Å². The molecule has 1 aliphatic rings. The predicted octanol–water partition coefficient (Wildman–Crippen LogP) is 2.36. The lowest BCUT2D eigenvalue weighted by Gasteiger charge is -2.30. The van der Waals surface area contributed by atoms with Gasteiger partial charge in [-0.25, -0.2) is 13.1 Å². The van der Waals surface area contributed by atoms with Gasteiger partial charge in [0.2, 0.25) is 15.9 Å². The van der Waals surface area contributed by atoms with E-state index < -0.39 is 10.0 Å². The van der Waals surface area contributed by atoms with Crippen LogP contribution in [0.3, 0.4) is 0 Å². The van der Waals surface area contributed by atoms with Crippen LogP contribution in [0.4, 0.5) is 5.69 Å². The molecule has 1 N–H and O–H groups in total. The molecule has 0 atom stereocenters. The SMILES string of the molecule is COc1ccc(Cl)cc1NC(=O)C1CCN(S(=O)(=O)c2ccc(-n3cnnn3)cc2)CC1. The van der Waals surface area contributed by atoms with E-state index in [4.69, 9.17) is 16.3 Å². The number of aromatic nitrogens is 4. The zero-order valence-electron chi connectivity index (χ0n) is 17.2. The quantitative estimate of drug-likeness (QED) is 0.579. The molecule has 4 rings (SSSR count). The van der Waals surface area contributed by atoms with Crippen LogP contribution < -0.4 is 10.1 Å². The van der Waals surface area contributed by atoms with Crippen molar-refractivity contribution < 1.29 is 17.9 Å². The summed E-state index contributed by atoms with van der Waals surface area (Å²) in [5.41, 5.74) is 1.14. The first-order valence-electron chi connectivity index (χ1n) is 9.86. The Morgan fingerprint density at radius 2 is 1.88 bits per heavy atom. The van der Waals surface area contributed by atoms with E-state index in [0.717, 1.165) is 0 Å². The van der Waals surface area contributed by atoms with Crippen LogP contribution in [0.15, 0.2) is 53.7 Å². The number of tetrazole rings is 1. The van der Waals surface area contributed by atoms with Crippen LogP contribution in [0.2, 0.25) is 5.02 Å². The Kier molecular flexibility index (Phi) is 6.40. The molecule has 0 aliphatic carbocycles. The highest BCUT2D eigenvalue weighted by atomic mass is 35.5. The highest BCUT2D eigenvalue weighted by Crippen LogP contribution is 2.30. The predicted molar refractivity (Wildman–Crippen MR) is 117 cm³/mol. The number of anilines is 1. The average Bonchev–Trinajstić information content (AvgIpc) is 3.34. The molecule has 1 aliphatic heterocycles. The maximum absolute atomic E-state index is 13.0. The van der Waals surface area contributed by atoms with Gasteiger partial charge in [0.25, 0.3) is 0 Å². The number of nitrogens with zero attached hydrogens (tertiary/aromatic N) is 5. The fraction of sp³-hybridized carbons (Fsp3) is 0.300. The summed E-state index contributed by atoms with van der Waals surface area (Å²) in [4.78, 5) is 12.9. The lowest BCUT2D eigenvalue weighted by Crippen LogP contribution is -2.41. The highest BCUT2D eigenvalue weighted by Gasteiger charge is 2.32. The number of carbonyl (C=O) groups excluding carboxylic acids is 1. The summed E-state index contributed by atoms with van der Waals surface area (Å²) in [6, 6.07) is 11.3. The second kappa shape index (κ2) is 9.23. The largest absolute Gasteiger partial charge is 0.495 e. The summed E-state index contributed by atoms with van der Waals surface area (Å²) >= 11 is 6.02. The van der Waals surface area contributed by atoms with E-state index in [1.54, 1.807) is 30.3 Å². The molecule has 10 nitrogen and oxygen atoms in total. The molecule has 1 amide bonds. The summed E-state index contributed by atoms with van der Waals surface area (Å²) in [6.45, 7) is 0.504. The van der Waals surface area contributed by atoms with Crippen LogP contribution in [0, 0.1) is 5.92 Å². The van der Waals surface area contributed by atoms with Crippen LogP contribution >= 0.6 is 11.6 Å². The summed E-state index contributed by atoms with van der Waals surface area (Å²) in [7, 11) is -2.16. The van der Waals surface area contributed by atoms with Gasteiger partial charge in [0.15, 0.2) is 0 Å². The average molecular weight is 477 g/mol. The summed E-state index contributed by atoms with van der Waals surface area (Å²) in [5.74, 6) is 0.00798. The van der Waals surface area contributed by atoms with Gasteiger partial charge in [-0.1, -0.05) is 11.6 Å². The van der Waals surface area contributed by atoms with Gasteiger partial charge in [-0.3, -0.25) is 4.79 Å². The van der Waals surface area contributed by atoms with Crippen molar-refractivity contribution in [2.45, 2.75) is 17.7 Å². The number of hydrogen-bond donors (Lipinski definition) is 1. The van der Waals surface area contributed by atoms with Crippen molar-refractivity contribution in [3.63, 3.8) is 0 Å². The Morgan fingerprint density at radius 3 is 2.50 bits per heavy atom. The van der Waals surface area contributed by atoms with Gasteiger partial charge in [-0.05, 0) is 65.7 Å². The van der Waals surface area contributed by atoms with Crippen LogP contribution in [-0.4, -0.2) is 59.0 Å². The zero-order valence-corrected chi connectivity index (χ0v) is 18.8. The Labute approximate surface area is 190 Å². The third-order valence-corrected chi connectivity index (χ3v) is 7.48. The number of sulfonamides is 1. The lowest BCUT2D eigenvalue weighted by molar-refractivity contribution is -0.120. The molecule has 0 radical (unpaired) electrons. The molecule has 0 unspecified atom stereocenters. The first-order chi connectivity index (χ1) is 15.4. The number of ether oxygens (including phenoxy) is 1. The van der Waals surface area contributed by atoms with Crippen molar-refractivity contribution in [2.24, 2.45) is 5.92 Å². The highest BCUT2D eigenvalue weighted by molar-refractivity contribution is 7.89. The Balaban J connectivity index is 1.39. The van der Waals surface area contributed by atoms with Crippen LogP contribution in [0.1, 0.15) is 12.8 Å². The molecule has 3 aromatic rings. The van der Waals surface area contributed by atoms with Crippen molar-refractivity contribution in [3.8, 4) is 11.4 Å². The molecule has 2 aromatic carbocycles. The van der Waals surface area contributed by atoms with Gasteiger partial charge < -0.3 is 10.1 Å². The van der Waals surface area contributed by atoms with E-state index >= 15 is 0 Å². The Bertz CT molecular complexity index is 1190. The van der Waals surface area contributed by atoms with Crippen LogP contribution in [-0.2, 0) is 14.8 Å². The van der Waals surface area contributed by atoms with Gasteiger partial charge in [0, 0.05) is 24.0 Å². The lowest BCUT2D eigenvalue weighted by atomic mass is 9.97. The monoisotopic (exact) mass is 476 g/mol. The number of benzene rings is 2. The molecule has 32 heavy (non-hydrogen) atoms. The number of rotatable bonds is 6. The first-order valence-corrected chi connectivity index (χ1v) is 11.7. The van der Waals surface area contributed by atoms with Crippen molar-refractivity contribution in [2.75, 3.05) is 25.5 Å². The molecule has 0 bridgehead atoms. The maximum Gasteiger partial charge on any atom is 0.243 e. The molecule has 0 saturated carbocycles. The molecule has 1 aromatic heterocycles. The normalized spacial score (nSPS) is 15.4. The fourth-order valence-electron chi connectivity index (χ4n) is 3.57. The number of methoxy groups -OCH3 is 1. The number of halogens is 1. The van der Waals surface area contributed by atoms with Crippen molar-refractivity contribution >= 4 is 33.2 Å². The van der Waals surface area contributed by atoms with E-state index in [9.17, 15) is 13.2 Å². The van der Waals surface area contributed by atoms with Gasteiger partial charge in [-0.2, -0.15) is 4.31 Å². The maximum atomic E-state index is 13.0. The topological polar surface area (TPSA) is 119 Å². The first kappa shape index (κ1) is 22.2. The minimum Gasteiger partial charge on any atom is -0.495 e. The zero-order chi connectivity index (χ0) is 22.7. The van der Waals surface area contributed by atoms with Crippen molar-refractivity contribution in [1.29, 1.82) is 0 Å². The standard InChI is InChI=1S/C20H21ClN6O4S/c1-31-19-7-2-15(21)12-18(19)23-20(28)14-8-10-26(11-9-14)32(29,30)17-5-3-16(4-6-17)27-13-22-24-25-27/h2-7,12-14H,8-11H2,1H3,(H,23,28). The summed E-state index contributed by atoms with van der Waals surface area (Å²) < 4.78 is 34.1. The molecule has 168 valence electrons. The Hall–Kier alpha value is -3.02.